The van der Waals surface area contributed by atoms with Crippen LogP contribution in [0.25, 0.3) is 0 Å². The van der Waals surface area contributed by atoms with Crippen LogP contribution in [-0.4, -0.2) is 37.1 Å². The van der Waals surface area contributed by atoms with Crippen LogP contribution in [0.4, 0.5) is 11.4 Å². The van der Waals surface area contributed by atoms with Crippen LogP contribution in [0, 0.1) is 6.92 Å². The van der Waals surface area contributed by atoms with Gasteiger partial charge in [0, 0.05) is 43.6 Å². The molecule has 1 aromatic carbocycles. The van der Waals surface area contributed by atoms with Crippen LogP contribution >= 0.6 is 0 Å². The van der Waals surface area contributed by atoms with Crippen molar-refractivity contribution in [2.75, 3.05) is 36.8 Å². The maximum atomic E-state index is 5.82. The molecular formula is C15H25N3. The largest absolute Gasteiger partial charge is 0.399 e. The third-order valence-electron chi connectivity index (χ3n) is 3.82. The maximum absolute atomic E-state index is 5.82. The Hall–Kier alpha value is -1.22. The van der Waals surface area contributed by atoms with E-state index in [0.29, 0.717) is 6.04 Å². The van der Waals surface area contributed by atoms with Crippen molar-refractivity contribution < 1.29 is 0 Å². The summed E-state index contributed by atoms with van der Waals surface area (Å²) in [6.07, 6.45) is 1.24. The van der Waals surface area contributed by atoms with Gasteiger partial charge in [0.2, 0.25) is 0 Å². The van der Waals surface area contributed by atoms with E-state index in [-0.39, 0.29) is 0 Å². The Morgan fingerprint density at radius 1 is 1.11 bits per heavy atom. The van der Waals surface area contributed by atoms with E-state index in [9.17, 15) is 0 Å². The number of aryl methyl sites for hydroxylation is 1. The van der Waals surface area contributed by atoms with Gasteiger partial charge in [-0.15, -0.1) is 0 Å². The van der Waals surface area contributed by atoms with Gasteiger partial charge in [-0.1, -0.05) is 0 Å². The lowest BCUT2D eigenvalue weighted by atomic mass is 10.1. The molecule has 2 N–H and O–H groups in total. The first-order valence-corrected chi connectivity index (χ1v) is 6.93. The van der Waals surface area contributed by atoms with Gasteiger partial charge in [0.1, 0.15) is 0 Å². The molecule has 0 saturated carbocycles. The number of hydrogen-bond acceptors (Lipinski definition) is 3. The van der Waals surface area contributed by atoms with E-state index < -0.39 is 0 Å². The molecule has 18 heavy (non-hydrogen) atoms. The molecule has 2 rings (SSSR count). The topological polar surface area (TPSA) is 32.5 Å². The molecule has 1 heterocycles. The second-order valence-corrected chi connectivity index (χ2v) is 5.52. The zero-order valence-corrected chi connectivity index (χ0v) is 11.8. The Kier molecular flexibility index (Phi) is 4.12. The quantitative estimate of drug-likeness (QED) is 0.815. The minimum atomic E-state index is 0.650. The van der Waals surface area contributed by atoms with Crippen molar-refractivity contribution in [3.05, 3.63) is 23.8 Å². The third kappa shape index (κ3) is 2.96. The van der Waals surface area contributed by atoms with Crippen LogP contribution in [-0.2, 0) is 0 Å². The van der Waals surface area contributed by atoms with Crippen molar-refractivity contribution in [3.63, 3.8) is 0 Å². The Morgan fingerprint density at radius 3 is 2.56 bits per heavy atom. The lowest BCUT2D eigenvalue weighted by Crippen LogP contribution is -2.35. The monoisotopic (exact) mass is 247 g/mol. The summed E-state index contributed by atoms with van der Waals surface area (Å²) in [5.41, 5.74) is 9.31. The van der Waals surface area contributed by atoms with Crippen molar-refractivity contribution in [1.82, 2.24) is 4.90 Å². The van der Waals surface area contributed by atoms with E-state index in [1.54, 1.807) is 0 Å². The lowest BCUT2D eigenvalue weighted by molar-refractivity contribution is 0.238. The zero-order valence-electron chi connectivity index (χ0n) is 11.8. The molecule has 3 nitrogen and oxygen atoms in total. The summed E-state index contributed by atoms with van der Waals surface area (Å²) < 4.78 is 0. The predicted molar refractivity (Wildman–Crippen MR) is 79.1 cm³/mol. The van der Waals surface area contributed by atoms with Crippen LogP contribution in [0.15, 0.2) is 18.2 Å². The summed E-state index contributed by atoms with van der Waals surface area (Å²) in [4.78, 5) is 5.06. The molecule has 3 heteroatoms. The number of nitrogens with zero attached hydrogens (tertiary/aromatic N) is 2. The van der Waals surface area contributed by atoms with E-state index in [1.807, 2.05) is 6.07 Å². The molecule has 0 radical (unpaired) electrons. The Balaban J connectivity index is 2.10. The van der Waals surface area contributed by atoms with Crippen LogP contribution in [0.5, 0.6) is 0 Å². The normalized spacial score (nSPS) is 18.1. The summed E-state index contributed by atoms with van der Waals surface area (Å²) in [5.74, 6) is 0. The number of anilines is 2. The molecule has 0 bridgehead atoms. The summed E-state index contributed by atoms with van der Waals surface area (Å²) in [6, 6.07) is 6.89. The average Bonchev–Trinajstić information content (AvgIpc) is 2.54. The van der Waals surface area contributed by atoms with Gasteiger partial charge in [0.05, 0.1) is 0 Å². The SMILES string of the molecule is Cc1cc(N)ccc1N1CCCN(C(C)C)CC1. The third-order valence-corrected chi connectivity index (χ3v) is 3.82. The first-order valence-electron chi connectivity index (χ1n) is 6.93. The van der Waals surface area contributed by atoms with Crippen LogP contribution in [0.1, 0.15) is 25.8 Å². The molecule has 0 atom stereocenters. The van der Waals surface area contributed by atoms with Crippen LogP contribution in [0.3, 0.4) is 0 Å². The molecule has 0 unspecified atom stereocenters. The number of nitrogens with two attached hydrogens (primary N) is 1. The smallest absolute Gasteiger partial charge is 0.0397 e. The van der Waals surface area contributed by atoms with Crippen molar-refractivity contribution in [3.8, 4) is 0 Å². The zero-order chi connectivity index (χ0) is 13.1. The van der Waals surface area contributed by atoms with E-state index >= 15 is 0 Å². The highest BCUT2D eigenvalue weighted by atomic mass is 15.2. The van der Waals surface area contributed by atoms with Gasteiger partial charge in [-0.3, -0.25) is 4.90 Å². The van der Waals surface area contributed by atoms with Gasteiger partial charge < -0.3 is 10.6 Å². The van der Waals surface area contributed by atoms with Gasteiger partial charge in [-0.2, -0.15) is 0 Å². The highest BCUT2D eigenvalue weighted by molar-refractivity contribution is 5.59. The Morgan fingerprint density at radius 2 is 1.89 bits per heavy atom. The molecule has 1 fully saturated rings. The number of benzene rings is 1. The van der Waals surface area contributed by atoms with Crippen molar-refractivity contribution in [1.29, 1.82) is 0 Å². The molecule has 0 amide bonds. The highest BCUT2D eigenvalue weighted by Gasteiger charge is 2.17. The Bertz CT molecular complexity index is 401. The first kappa shape index (κ1) is 13.2. The minimum Gasteiger partial charge on any atom is -0.399 e. The fourth-order valence-electron chi connectivity index (χ4n) is 2.73. The molecule has 0 aromatic heterocycles. The second kappa shape index (κ2) is 5.61. The first-order chi connectivity index (χ1) is 8.58. The fraction of sp³-hybridized carbons (Fsp3) is 0.600. The van der Waals surface area contributed by atoms with Gasteiger partial charge in [0.25, 0.3) is 0 Å². The molecule has 1 aliphatic heterocycles. The minimum absolute atomic E-state index is 0.650. The molecule has 0 aliphatic carbocycles. The number of rotatable bonds is 2. The van der Waals surface area contributed by atoms with Crippen molar-refractivity contribution >= 4 is 11.4 Å². The molecule has 1 saturated heterocycles. The van der Waals surface area contributed by atoms with Crippen LogP contribution in [0.2, 0.25) is 0 Å². The highest BCUT2D eigenvalue weighted by Crippen LogP contribution is 2.23. The van der Waals surface area contributed by atoms with Crippen molar-refractivity contribution in [2.45, 2.75) is 33.2 Å². The van der Waals surface area contributed by atoms with Crippen LogP contribution < -0.4 is 10.6 Å². The van der Waals surface area contributed by atoms with Crippen molar-refractivity contribution in [2.24, 2.45) is 0 Å². The summed E-state index contributed by atoms with van der Waals surface area (Å²) in [7, 11) is 0. The molecule has 1 aromatic rings. The van der Waals surface area contributed by atoms with E-state index in [1.165, 1.54) is 24.2 Å². The molecule has 0 spiro atoms. The Labute approximate surface area is 111 Å². The molecule has 100 valence electrons. The standard InChI is InChI=1S/C15H25N3/c1-12(2)17-7-4-8-18(10-9-17)15-6-5-14(16)11-13(15)3/h5-6,11-12H,4,7-10,16H2,1-3H3. The van der Waals surface area contributed by atoms with Gasteiger partial charge in [0.15, 0.2) is 0 Å². The van der Waals surface area contributed by atoms with Gasteiger partial charge in [-0.05, 0) is 51.0 Å². The maximum Gasteiger partial charge on any atom is 0.0397 e. The van der Waals surface area contributed by atoms with E-state index in [2.05, 4.69) is 42.7 Å². The van der Waals surface area contributed by atoms with Gasteiger partial charge >= 0.3 is 0 Å². The molecular weight excluding hydrogens is 222 g/mol. The predicted octanol–water partition coefficient (Wildman–Crippen LogP) is 2.50. The summed E-state index contributed by atoms with van der Waals surface area (Å²) >= 11 is 0. The average molecular weight is 247 g/mol. The van der Waals surface area contributed by atoms with Gasteiger partial charge in [-0.25, -0.2) is 0 Å². The van der Waals surface area contributed by atoms with E-state index in [0.717, 1.165) is 25.3 Å². The summed E-state index contributed by atoms with van der Waals surface area (Å²) in [6.45, 7) is 11.3. The summed E-state index contributed by atoms with van der Waals surface area (Å²) in [5, 5.41) is 0. The second-order valence-electron chi connectivity index (χ2n) is 5.52. The number of nitrogen functional groups attached to an aromatic ring is 1. The molecule has 1 aliphatic rings. The van der Waals surface area contributed by atoms with E-state index in [4.69, 9.17) is 5.73 Å². The fourth-order valence-corrected chi connectivity index (χ4v) is 2.73. The number of hydrogen-bond donors (Lipinski definition) is 1. The lowest BCUT2D eigenvalue weighted by Gasteiger charge is -2.26.